The Bertz CT molecular complexity index is 1100. The van der Waals surface area contributed by atoms with Gasteiger partial charge < -0.3 is 15.0 Å². The summed E-state index contributed by atoms with van der Waals surface area (Å²) < 4.78 is 33.3. The van der Waals surface area contributed by atoms with Gasteiger partial charge in [-0.1, -0.05) is 13.8 Å². The van der Waals surface area contributed by atoms with Crippen molar-refractivity contribution in [3.05, 3.63) is 33.8 Å². The van der Waals surface area contributed by atoms with Crippen LogP contribution in [0.25, 0.3) is 0 Å². The molecule has 1 amide bonds. The van der Waals surface area contributed by atoms with Crippen molar-refractivity contribution in [3.63, 3.8) is 0 Å². The average molecular weight is 493 g/mol. The molecule has 1 aromatic heterocycles. The van der Waals surface area contributed by atoms with Gasteiger partial charge in [-0.2, -0.15) is 4.31 Å². The summed E-state index contributed by atoms with van der Waals surface area (Å²) in [6.45, 7) is 9.14. The van der Waals surface area contributed by atoms with Gasteiger partial charge in [0.1, 0.15) is 4.88 Å². The molecular formula is C23H32N4O4S2. The zero-order valence-electron chi connectivity index (χ0n) is 19.5. The SMILES string of the molecule is Cc1nc(C(C)C)sc1C(=O)Nc1cc(S(=O)(=O)N2CCOCC2)ccc1N1CCCCC1. The van der Waals surface area contributed by atoms with E-state index in [4.69, 9.17) is 4.74 Å². The first-order valence-corrected chi connectivity index (χ1v) is 13.8. The highest BCUT2D eigenvalue weighted by Crippen LogP contribution is 2.33. The second-order valence-electron chi connectivity index (χ2n) is 8.82. The zero-order chi connectivity index (χ0) is 23.6. The minimum atomic E-state index is -3.67. The second-order valence-corrected chi connectivity index (χ2v) is 11.8. The lowest BCUT2D eigenvalue weighted by Crippen LogP contribution is -2.40. The van der Waals surface area contributed by atoms with Crippen molar-refractivity contribution >= 4 is 38.6 Å². The first kappa shape index (κ1) is 24.1. The number of carbonyl (C=O) groups excluding carboxylic acids is 1. The number of nitrogens with zero attached hydrogens (tertiary/aromatic N) is 3. The molecule has 8 nitrogen and oxygen atoms in total. The molecule has 0 saturated carbocycles. The van der Waals surface area contributed by atoms with Crippen molar-refractivity contribution in [1.29, 1.82) is 0 Å². The smallest absolute Gasteiger partial charge is 0.267 e. The van der Waals surface area contributed by atoms with Crippen LogP contribution in [0.15, 0.2) is 23.1 Å². The minimum Gasteiger partial charge on any atom is -0.379 e. The van der Waals surface area contributed by atoms with Gasteiger partial charge in [0, 0.05) is 32.1 Å². The van der Waals surface area contributed by atoms with Crippen molar-refractivity contribution in [2.45, 2.75) is 50.8 Å². The molecule has 2 aromatic rings. The van der Waals surface area contributed by atoms with Crippen molar-refractivity contribution < 1.29 is 17.9 Å². The highest BCUT2D eigenvalue weighted by Gasteiger charge is 2.28. The number of aryl methyl sites for hydroxylation is 1. The average Bonchev–Trinajstić information content (AvgIpc) is 3.22. The first-order chi connectivity index (χ1) is 15.8. The lowest BCUT2D eigenvalue weighted by molar-refractivity contribution is 0.0730. The van der Waals surface area contributed by atoms with Crippen molar-refractivity contribution in [1.82, 2.24) is 9.29 Å². The largest absolute Gasteiger partial charge is 0.379 e. The summed E-state index contributed by atoms with van der Waals surface area (Å²) in [5.41, 5.74) is 2.07. The summed E-state index contributed by atoms with van der Waals surface area (Å²) in [4.78, 5) is 20.7. The molecule has 180 valence electrons. The molecule has 2 saturated heterocycles. The fraction of sp³-hybridized carbons (Fsp3) is 0.565. The molecule has 2 fully saturated rings. The van der Waals surface area contributed by atoms with Crippen LogP contribution in [-0.2, 0) is 14.8 Å². The molecule has 4 rings (SSSR count). The van der Waals surface area contributed by atoms with E-state index in [0.717, 1.165) is 36.6 Å². The second kappa shape index (κ2) is 10.1. The highest BCUT2D eigenvalue weighted by molar-refractivity contribution is 7.89. The summed E-state index contributed by atoms with van der Waals surface area (Å²) in [7, 11) is -3.67. The van der Waals surface area contributed by atoms with E-state index in [1.165, 1.54) is 22.1 Å². The Balaban J connectivity index is 1.68. The Morgan fingerprint density at radius 2 is 1.82 bits per heavy atom. The number of sulfonamides is 1. The molecule has 3 heterocycles. The Labute approximate surface area is 200 Å². The number of morpholine rings is 1. The molecular weight excluding hydrogens is 460 g/mol. The number of nitrogens with one attached hydrogen (secondary N) is 1. The third kappa shape index (κ3) is 5.24. The predicted molar refractivity (Wildman–Crippen MR) is 131 cm³/mol. The van der Waals surface area contributed by atoms with Gasteiger partial charge in [-0.25, -0.2) is 13.4 Å². The van der Waals surface area contributed by atoms with Crippen LogP contribution < -0.4 is 10.2 Å². The van der Waals surface area contributed by atoms with Crippen LogP contribution in [0.2, 0.25) is 0 Å². The van der Waals surface area contributed by atoms with Crippen LogP contribution in [-0.4, -0.2) is 63.0 Å². The number of rotatable bonds is 6. The van der Waals surface area contributed by atoms with Gasteiger partial charge in [0.15, 0.2) is 0 Å². The van der Waals surface area contributed by atoms with Crippen molar-refractivity contribution in [2.24, 2.45) is 0 Å². The number of benzene rings is 1. The molecule has 2 aliphatic rings. The molecule has 0 unspecified atom stereocenters. The Morgan fingerprint density at radius 3 is 2.45 bits per heavy atom. The Kier molecular flexibility index (Phi) is 7.37. The summed E-state index contributed by atoms with van der Waals surface area (Å²) in [6, 6.07) is 5.08. The zero-order valence-corrected chi connectivity index (χ0v) is 21.1. The topological polar surface area (TPSA) is 91.8 Å². The van der Waals surface area contributed by atoms with Crippen LogP contribution in [0, 0.1) is 6.92 Å². The van der Waals surface area contributed by atoms with Gasteiger partial charge in [0.05, 0.1) is 40.2 Å². The number of hydrogen-bond acceptors (Lipinski definition) is 7. The maximum atomic E-state index is 13.3. The molecule has 0 aliphatic carbocycles. The quantitative estimate of drug-likeness (QED) is 0.659. The van der Waals surface area contributed by atoms with E-state index in [0.29, 0.717) is 42.6 Å². The van der Waals surface area contributed by atoms with Crippen LogP contribution in [0.1, 0.15) is 59.4 Å². The summed E-state index contributed by atoms with van der Waals surface area (Å²) in [5.74, 6) is -0.0164. The number of amides is 1. The number of thiazole rings is 1. The number of aromatic nitrogens is 1. The molecule has 0 radical (unpaired) electrons. The van der Waals surface area contributed by atoms with E-state index in [9.17, 15) is 13.2 Å². The van der Waals surface area contributed by atoms with E-state index in [1.807, 2.05) is 26.8 Å². The number of piperidine rings is 1. The molecule has 0 bridgehead atoms. The number of carbonyl (C=O) groups is 1. The van der Waals surface area contributed by atoms with Gasteiger partial charge in [0.2, 0.25) is 10.0 Å². The normalized spacial score (nSPS) is 18.0. The molecule has 1 aromatic carbocycles. The highest BCUT2D eigenvalue weighted by atomic mass is 32.2. The fourth-order valence-electron chi connectivity index (χ4n) is 4.18. The maximum Gasteiger partial charge on any atom is 0.267 e. The van der Waals surface area contributed by atoms with Crippen LogP contribution >= 0.6 is 11.3 Å². The van der Waals surface area contributed by atoms with Crippen LogP contribution in [0.5, 0.6) is 0 Å². The standard InChI is InChI=1S/C23H32N4O4S2/c1-16(2)23-24-17(3)21(32-23)22(28)25-19-15-18(33(29,30)27-11-13-31-14-12-27)7-8-20(19)26-9-5-4-6-10-26/h7-8,15-16H,4-6,9-14H2,1-3H3,(H,25,28). The van der Waals surface area contributed by atoms with Gasteiger partial charge in [-0.15, -0.1) is 11.3 Å². The summed E-state index contributed by atoms with van der Waals surface area (Å²) >= 11 is 1.39. The van der Waals surface area contributed by atoms with E-state index >= 15 is 0 Å². The van der Waals surface area contributed by atoms with Gasteiger partial charge in [-0.3, -0.25) is 4.79 Å². The monoisotopic (exact) mass is 492 g/mol. The Hall–Kier alpha value is -2.01. The van der Waals surface area contributed by atoms with Crippen molar-refractivity contribution in [3.8, 4) is 0 Å². The van der Waals surface area contributed by atoms with Crippen LogP contribution in [0.4, 0.5) is 11.4 Å². The molecule has 0 atom stereocenters. The Morgan fingerprint density at radius 1 is 1.12 bits per heavy atom. The van der Waals surface area contributed by atoms with Crippen molar-refractivity contribution in [2.75, 3.05) is 49.6 Å². The lowest BCUT2D eigenvalue weighted by Gasteiger charge is -2.31. The third-order valence-corrected chi connectivity index (χ3v) is 9.39. The van der Waals surface area contributed by atoms with Gasteiger partial charge in [0.25, 0.3) is 5.91 Å². The molecule has 10 heteroatoms. The molecule has 1 N–H and O–H groups in total. The first-order valence-electron chi connectivity index (χ1n) is 11.5. The maximum absolute atomic E-state index is 13.3. The molecule has 2 aliphatic heterocycles. The summed E-state index contributed by atoms with van der Waals surface area (Å²) in [6.07, 6.45) is 3.33. The third-order valence-electron chi connectivity index (χ3n) is 6.03. The van der Waals surface area contributed by atoms with E-state index in [-0.39, 0.29) is 16.7 Å². The number of anilines is 2. The molecule has 0 spiro atoms. The summed E-state index contributed by atoms with van der Waals surface area (Å²) in [5, 5.41) is 3.93. The van der Waals surface area contributed by atoms with Gasteiger partial charge >= 0.3 is 0 Å². The van der Waals surface area contributed by atoms with Crippen LogP contribution in [0.3, 0.4) is 0 Å². The fourth-order valence-corrected chi connectivity index (χ4v) is 6.58. The number of hydrogen-bond donors (Lipinski definition) is 1. The van der Waals surface area contributed by atoms with E-state index < -0.39 is 10.0 Å². The number of ether oxygens (including phenoxy) is 1. The van der Waals surface area contributed by atoms with Gasteiger partial charge in [-0.05, 0) is 44.4 Å². The van der Waals surface area contributed by atoms with E-state index in [2.05, 4.69) is 15.2 Å². The lowest BCUT2D eigenvalue weighted by atomic mass is 10.1. The molecule has 33 heavy (non-hydrogen) atoms. The predicted octanol–water partition coefficient (Wildman–Crippen LogP) is 3.84. The van der Waals surface area contributed by atoms with E-state index in [1.54, 1.807) is 12.1 Å². The minimum absolute atomic E-state index is 0.185.